The molecule has 1 N–H and O–H groups in total. The number of hydrogen-bond donors (Lipinski definition) is 1. The monoisotopic (exact) mass is 365 g/mol. The minimum atomic E-state index is -0.933. The molecule has 1 aromatic carbocycles. The van der Waals surface area contributed by atoms with Gasteiger partial charge in [-0.25, -0.2) is 0 Å². The van der Waals surface area contributed by atoms with E-state index in [0.29, 0.717) is 10.7 Å². The molecular weight excluding hydrogens is 356 g/mol. The van der Waals surface area contributed by atoms with E-state index >= 15 is 0 Å². The number of halogens is 2. The van der Waals surface area contributed by atoms with Gasteiger partial charge in [0.2, 0.25) is 5.91 Å². The third-order valence-electron chi connectivity index (χ3n) is 2.69. The van der Waals surface area contributed by atoms with Crippen molar-refractivity contribution in [2.75, 3.05) is 11.4 Å². The maximum atomic E-state index is 11.7. The van der Waals surface area contributed by atoms with Crippen molar-refractivity contribution in [2.45, 2.75) is 6.42 Å². The van der Waals surface area contributed by atoms with Crippen molar-refractivity contribution in [1.82, 2.24) is 0 Å². The molecule has 17 heavy (non-hydrogen) atoms. The van der Waals surface area contributed by atoms with E-state index in [4.69, 9.17) is 16.7 Å². The highest BCUT2D eigenvalue weighted by Crippen LogP contribution is 2.29. The number of anilines is 1. The fourth-order valence-electron chi connectivity index (χ4n) is 1.78. The highest BCUT2D eigenvalue weighted by molar-refractivity contribution is 14.1. The van der Waals surface area contributed by atoms with Crippen LogP contribution in [0, 0.1) is 9.49 Å². The number of aliphatic carboxylic acids is 1. The van der Waals surface area contributed by atoms with Crippen molar-refractivity contribution >= 4 is 51.8 Å². The molecule has 1 atom stereocenters. The summed E-state index contributed by atoms with van der Waals surface area (Å²) >= 11 is 8.07. The van der Waals surface area contributed by atoms with Crippen LogP contribution in [0.2, 0.25) is 5.02 Å². The van der Waals surface area contributed by atoms with E-state index in [2.05, 4.69) is 22.6 Å². The van der Waals surface area contributed by atoms with Gasteiger partial charge in [-0.1, -0.05) is 11.6 Å². The number of carbonyl (C=O) groups excluding carboxylic acids is 1. The van der Waals surface area contributed by atoms with Crippen molar-refractivity contribution in [3.8, 4) is 0 Å². The number of amides is 1. The minimum absolute atomic E-state index is 0.0545. The van der Waals surface area contributed by atoms with Gasteiger partial charge in [-0.05, 0) is 40.8 Å². The topological polar surface area (TPSA) is 57.6 Å². The summed E-state index contributed by atoms with van der Waals surface area (Å²) in [7, 11) is 0. The molecule has 0 bridgehead atoms. The SMILES string of the molecule is O=C(O)C1CC(=O)N(c2ccc(I)c(Cl)c2)C1. The van der Waals surface area contributed by atoms with E-state index in [0.717, 1.165) is 3.57 Å². The maximum Gasteiger partial charge on any atom is 0.308 e. The van der Waals surface area contributed by atoms with E-state index in [1.165, 1.54) is 4.90 Å². The molecule has 4 nitrogen and oxygen atoms in total. The van der Waals surface area contributed by atoms with Gasteiger partial charge in [-0.2, -0.15) is 0 Å². The lowest BCUT2D eigenvalue weighted by atomic mass is 10.1. The molecule has 6 heteroatoms. The van der Waals surface area contributed by atoms with Crippen LogP contribution in [0.4, 0.5) is 5.69 Å². The van der Waals surface area contributed by atoms with Gasteiger partial charge in [0.1, 0.15) is 0 Å². The smallest absolute Gasteiger partial charge is 0.308 e. The second-order valence-corrected chi connectivity index (χ2v) is 5.41. The maximum absolute atomic E-state index is 11.7. The Morgan fingerprint density at radius 1 is 1.53 bits per heavy atom. The molecule has 1 aromatic rings. The second-order valence-electron chi connectivity index (χ2n) is 3.84. The van der Waals surface area contributed by atoms with Crippen molar-refractivity contribution in [3.05, 3.63) is 26.8 Å². The van der Waals surface area contributed by atoms with Crippen LogP contribution in [0.1, 0.15) is 6.42 Å². The lowest BCUT2D eigenvalue weighted by molar-refractivity contribution is -0.141. The van der Waals surface area contributed by atoms with E-state index in [1.54, 1.807) is 18.2 Å². The predicted molar refractivity (Wildman–Crippen MR) is 72.3 cm³/mol. The van der Waals surface area contributed by atoms with Gasteiger partial charge in [-0.3, -0.25) is 9.59 Å². The van der Waals surface area contributed by atoms with Gasteiger partial charge in [-0.15, -0.1) is 0 Å². The van der Waals surface area contributed by atoms with Crippen molar-refractivity contribution in [3.63, 3.8) is 0 Å². The molecule has 1 unspecified atom stereocenters. The van der Waals surface area contributed by atoms with Crippen molar-refractivity contribution < 1.29 is 14.7 Å². The molecule has 1 heterocycles. The molecule has 1 fully saturated rings. The predicted octanol–water partition coefficient (Wildman–Crippen LogP) is 2.38. The lowest BCUT2D eigenvalue weighted by Gasteiger charge is -2.16. The molecule has 0 aromatic heterocycles. The molecule has 0 spiro atoms. The van der Waals surface area contributed by atoms with Gasteiger partial charge < -0.3 is 10.0 Å². The van der Waals surface area contributed by atoms with Crippen LogP contribution in [0.3, 0.4) is 0 Å². The molecule has 1 aliphatic heterocycles. The van der Waals surface area contributed by atoms with Crippen molar-refractivity contribution in [1.29, 1.82) is 0 Å². The van der Waals surface area contributed by atoms with Crippen LogP contribution in [-0.2, 0) is 9.59 Å². The zero-order valence-corrected chi connectivity index (χ0v) is 11.6. The number of carboxylic acid groups (broad SMARTS) is 1. The lowest BCUT2D eigenvalue weighted by Crippen LogP contribution is -2.25. The van der Waals surface area contributed by atoms with Gasteiger partial charge in [0.25, 0.3) is 0 Å². The summed E-state index contributed by atoms with van der Waals surface area (Å²) in [6.07, 6.45) is 0.0545. The third kappa shape index (κ3) is 2.55. The van der Waals surface area contributed by atoms with E-state index < -0.39 is 11.9 Å². The Hall–Kier alpha value is -0.820. The fraction of sp³-hybridized carbons (Fsp3) is 0.273. The molecular formula is C11H9ClINO3. The summed E-state index contributed by atoms with van der Waals surface area (Å²) in [5.74, 6) is -1.73. The molecule has 1 saturated heterocycles. The van der Waals surface area contributed by atoms with Crippen LogP contribution in [-0.4, -0.2) is 23.5 Å². The summed E-state index contributed by atoms with van der Waals surface area (Å²) < 4.78 is 0.898. The Morgan fingerprint density at radius 3 is 2.76 bits per heavy atom. The highest BCUT2D eigenvalue weighted by Gasteiger charge is 2.35. The molecule has 90 valence electrons. The van der Waals surface area contributed by atoms with Crippen LogP contribution >= 0.6 is 34.2 Å². The molecule has 0 saturated carbocycles. The van der Waals surface area contributed by atoms with Gasteiger partial charge in [0.05, 0.1) is 10.9 Å². The Kier molecular flexibility index (Phi) is 3.58. The van der Waals surface area contributed by atoms with E-state index in [1.807, 2.05) is 0 Å². The number of carbonyl (C=O) groups is 2. The Morgan fingerprint density at radius 2 is 2.24 bits per heavy atom. The van der Waals surface area contributed by atoms with Gasteiger partial charge >= 0.3 is 5.97 Å². The van der Waals surface area contributed by atoms with Crippen LogP contribution in [0.5, 0.6) is 0 Å². The number of hydrogen-bond acceptors (Lipinski definition) is 2. The normalized spacial score (nSPS) is 19.8. The van der Waals surface area contributed by atoms with Gasteiger partial charge in [0, 0.05) is 22.2 Å². The van der Waals surface area contributed by atoms with Crippen LogP contribution in [0.25, 0.3) is 0 Å². The number of carboxylic acids is 1. The molecule has 1 amide bonds. The van der Waals surface area contributed by atoms with Crippen molar-refractivity contribution in [2.24, 2.45) is 5.92 Å². The average Bonchev–Trinajstić information content (AvgIpc) is 2.65. The number of rotatable bonds is 2. The summed E-state index contributed by atoms with van der Waals surface area (Å²) in [6, 6.07) is 5.26. The summed E-state index contributed by atoms with van der Waals surface area (Å²) in [5.41, 5.74) is 0.657. The van der Waals surface area contributed by atoms with Crippen LogP contribution < -0.4 is 4.90 Å². The van der Waals surface area contributed by atoms with E-state index in [9.17, 15) is 9.59 Å². The number of benzene rings is 1. The Labute approximate surface area is 117 Å². The van der Waals surface area contributed by atoms with Crippen LogP contribution in [0.15, 0.2) is 18.2 Å². The highest BCUT2D eigenvalue weighted by atomic mass is 127. The second kappa shape index (κ2) is 4.81. The largest absolute Gasteiger partial charge is 0.481 e. The summed E-state index contributed by atoms with van der Waals surface area (Å²) in [5, 5.41) is 9.45. The molecule has 1 aliphatic rings. The fourth-order valence-corrected chi connectivity index (χ4v) is 2.29. The first kappa shape index (κ1) is 12.6. The third-order valence-corrected chi connectivity index (χ3v) is 4.26. The zero-order chi connectivity index (χ0) is 12.6. The minimum Gasteiger partial charge on any atom is -0.481 e. The zero-order valence-electron chi connectivity index (χ0n) is 8.69. The first-order chi connectivity index (χ1) is 7.99. The first-order valence-corrected chi connectivity index (χ1v) is 6.43. The summed E-state index contributed by atoms with van der Waals surface area (Å²) in [6.45, 7) is 0.213. The first-order valence-electron chi connectivity index (χ1n) is 4.97. The summed E-state index contributed by atoms with van der Waals surface area (Å²) in [4.78, 5) is 24.0. The molecule has 0 aliphatic carbocycles. The number of nitrogens with zero attached hydrogens (tertiary/aromatic N) is 1. The van der Waals surface area contributed by atoms with Gasteiger partial charge in [0.15, 0.2) is 0 Å². The van der Waals surface area contributed by atoms with E-state index in [-0.39, 0.29) is 18.9 Å². The Bertz CT molecular complexity index is 492. The molecule has 2 rings (SSSR count). The quantitative estimate of drug-likeness (QED) is 0.819. The average molecular weight is 366 g/mol. The Balaban J connectivity index is 2.26. The standard InChI is InChI=1S/C11H9ClINO3/c12-8-4-7(1-2-9(8)13)14-5-6(11(16)17)3-10(14)15/h1-2,4,6H,3,5H2,(H,16,17). The molecule has 0 radical (unpaired) electrons.